The summed E-state index contributed by atoms with van der Waals surface area (Å²) >= 11 is 0. The van der Waals surface area contributed by atoms with E-state index in [-0.39, 0.29) is 6.61 Å². The second-order valence-electron chi connectivity index (χ2n) is 3.90. The third kappa shape index (κ3) is 3.38. The molecule has 0 saturated carbocycles. The highest BCUT2D eigenvalue weighted by Gasteiger charge is 2.13. The van der Waals surface area contributed by atoms with Crippen molar-refractivity contribution < 1.29 is 18.8 Å². The molecule has 19 heavy (non-hydrogen) atoms. The van der Waals surface area contributed by atoms with Gasteiger partial charge in [-0.3, -0.25) is 0 Å². The van der Waals surface area contributed by atoms with E-state index in [1.54, 1.807) is 26.2 Å². The number of methoxy groups -OCH3 is 1. The lowest BCUT2D eigenvalue weighted by atomic mass is 10.1. The molecular weight excluding hydrogens is 248 g/mol. The second kappa shape index (κ2) is 6.10. The third-order valence-corrected chi connectivity index (χ3v) is 2.44. The summed E-state index contributed by atoms with van der Waals surface area (Å²) in [5.74, 6) is 0.344. The van der Waals surface area contributed by atoms with Gasteiger partial charge in [0.25, 0.3) is 0 Å². The van der Waals surface area contributed by atoms with Gasteiger partial charge in [0, 0.05) is 14.0 Å². The van der Waals surface area contributed by atoms with E-state index in [2.05, 4.69) is 10.1 Å². The van der Waals surface area contributed by atoms with Crippen molar-refractivity contribution in [1.82, 2.24) is 10.1 Å². The van der Waals surface area contributed by atoms with Crippen LogP contribution in [0.5, 0.6) is 0 Å². The molecule has 0 bridgehead atoms. The summed E-state index contributed by atoms with van der Waals surface area (Å²) in [4.78, 5) is 15.9. The Kier molecular flexibility index (Phi) is 4.25. The first kappa shape index (κ1) is 13.2. The van der Waals surface area contributed by atoms with E-state index in [0.29, 0.717) is 23.9 Å². The minimum absolute atomic E-state index is 0.0164. The Labute approximate surface area is 110 Å². The molecule has 6 heteroatoms. The lowest BCUT2D eigenvalue weighted by Crippen LogP contribution is -2.09. The van der Waals surface area contributed by atoms with Gasteiger partial charge in [-0.25, -0.2) is 4.79 Å². The van der Waals surface area contributed by atoms with E-state index in [9.17, 15) is 4.79 Å². The maximum atomic E-state index is 12.0. The number of benzene rings is 1. The Hall–Kier alpha value is -2.21. The molecule has 0 saturated heterocycles. The van der Waals surface area contributed by atoms with Crippen LogP contribution >= 0.6 is 0 Å². The molecule has 0 aliphatic carbocycles. The van der Waals surface area contributed by atoms with Crippen molar-refractivity contribution in [3.63, 3.8) is 0 Å². The SMILES string of the molecule is COCc1ccccc1C(=O)OCc1noc(C)n1. The van der Waals surface area contributed by atoms with Crippen molar-refractivity contribution in [2.24, 2.45) is 0 Å². The Morgan fingerprint density at radius 2 is 2.11 bits per heavy atom. The minimum Gasteiger partial charge on any atom is -0.454 e. The molecule has 1 heterocycles. The fourth-order valence-electron chi connectivity index (χ4n) is 1.61. The predicted octanol–water partition coefficient (Wildman–Crippen LogP) is 1.88. The predicted molar refractivity (Wildman–Crippen MR) is 65.3 cm³/mol. The van der Waals surface area contributed by atoms with E-state index in [0.717, 1.165) is 5.56 Å². The van der Waals surface area contributed by atoms with Gasteiger partial charge < -0.3 is 14.0 Å². The number of esters is 1. The lowest BCUT2D eigenvalue weighted by molar-refractivity contribution is 0.0455. The summed E-state index contributed by atoms with van der Waals surface area (Å²) in [6.45, 7) is 2.01. The van der Waals surface area contributed by atoms with Crippen molar-refractivity contribution in [2.75, 3.05) is 7.11 Å². The first-order chi connectivity index (χ1) is 9.20. The standard InChI is InChI=1S/C13H14N2O4/c1-9-14-12(15-19-9)8-18-13(16)11-6-4-3-5-10(11)7-17-2/h3-6H,7-8H2,1-2H3. The first-order valence-electron chi connectivity index (χ1n) is 5.74. The van der Waals surface area contributed by atoms with Crippen LogP contribution in [0, 0.1) is 6.92 Å². The maximum absolute atomic E-state index is 12.0. The lowest BCUT2D eigenvalue weighted by Gasteiger charge is -2.07. The molecule has 0 spiro atoms. The van der Waals surface area contributed by atoms with E-state index in [1.165, 1.54) is 0 Å². The van der Waals surface area contributed by atoms with Crippen LogP contribution in [0.4, 0.5) is 0 Å². The molecule has 0 radical (unpaired) electrons. The van der Waals surface area contributed by atoms with Crippen LogP contribution < -0.4 is 0 Å². The molecule has 2 rings (SSSR count). The van der Waals surface area contributed by atoms with Gasteiger partial charge in [0.15, 0.2) is 6.61 Å². The van der Waals surface area contributed by atoms with Gasteiger partial charge in [-0.05, 0) is 11.6 Å². The van der Waals surface area contributed by atoms with Gasteiger partial charge in [0.1, 0.15) is 0 Å². The number of carbonyl (C=O) groups is 1. The monoisotopic (exact) mass is 262 g/mol. The molecular formula is C13H14N2O4. The van der Waals surface area contributed by atoms with E-state index >= 15 is 0 Å². The van der Waals surface area contributed by atoms with Crippen LogP contribution in [-0.4, -0.2) is 23.2 Å². The quantitative estimate of drug-likeness (QED) is 0.766. The summed E-state index contributed by atoms with van der Waals surface area (Å²) in [7, 11) is 1.57. The molecule has 100 valence electrons. The summed E-state index contributed by atoms with van der Waals surface area (Å²) in [6.07, 6.45) is 0. The molecule has 0 aliphatic heterocycles. The number of rotatable bonds is 5. The Morgan fingerprint density at radius 3 is 2.79 bits per heavy atom. The molecule has 6 nitrogen and oxygen atoms in total. The molecule has 0 atom stereocenters. The average molecular weight is 262 g/mol. The number of nitrogens with zero attached hydrogens (tertiary/aromatic N) is 2. The zero-order chi connectivity index (χ0) is 13.7. The maximum Gasteiger partial charge on any atom is 0.338 e. The van der Waals surface area contributed by atoms with Gasteiger partial charge >= 0.3 is 5.97 Å². The smallest absolute Gasteiger partial charge is 0.338 e. The first-order valence-corrected chi connectivity index (χ1v) is 5.74. The van der Waals surface area contributed by atoms with Crippen molar-refractivity contribution in [3.05, 3.63) is 47.1 Å². The zero-order valence-electron chi connectivity index (χ0n) is 10.8. The highest BCUT2D eigenvalue weighted by Crippen LogP contribution is 2.12. The van der Waals surface area contributed by atoms with Crippen LogP contribution in [0.1, 0.15) is 27.6 Å². The van der Waals surface area contributed by atoms with Crippen LogP contribution in [0.15, 0.2) is 28.8 Å². The van der Waals surface area contributed by atoms with Gasteiger partial charge in [-0.1, -0.05) is 23.4 Å². The summed E-state index contributed by atoms with van der Waals surface area (Å²) in [5, 5.41) is 3.65. The third-order valence-electron chi connectivity index (χ3n) is 2.44. The fraction of sp³-hybridized carbons (Fsp3) is 0.308. The van der Waals surface area contributed by atoms with Gasteiger partial charge in [0.05, 0.1) is 12.2 Å². The molecule has 2 aromatic rings. The summed E-state index contributed by atoms with van der Waals surface area (Å²) < 4.78 is 15.0. The fourth-order valence-corrected chi connectivity index (χ4v) is 1.61. The Morgan fingerprint density at radius 1 is 1.32 bits per heavy atom. The van der Waals surface area contributed by atoms with E-state index in [1.807, 2.05) is 12.1 Å². The number of carbonyl (C=O) groups excluding carboxylic acids is 1. The molecule has 1 aromatic carbocycles. The number of ether oxygens (including phenoxy) is 2. The highest BCUT2D eigenvalue weighted by atomic mass is 16.5. The van der Waals surface area contributed by atoms with Gasteiger partial charge in [0.2, 0.25) is 11.7 Å². The van der Waals surface area contributed by atoms with Crippen LogP contribution in [0.25, 0.3) is 0 Å². The molecule has 0 N–H and O–H groups in total. The molecule has 1 aromatic heterocycles. The van der Waals surface area contributed by atoms with Crippen LogP contribution in [0.3, 0.4) is 0 Å². The number of aromatic nitrogens is 2. The number of hydrogen-bond donors (Lipinski definition) is 0. The van der Waals surface area contributed by atoms with Crippen molar-refractivity contribution >= 4 is 5.97 Å². The van der Waals surface area contributed by atoms with Crippen molar-refractivity contribution in [2.45, 2.75) is 20.1 Å². The highest BCUT2D eigenvalue weighted by molar-refractivity contribution is 5.91. The molecule has 0 fully saturated rings. The second-order valence-corrected chi connectivity index (χ2v) is 3.90. The van der Waals surface area contributed by atoms with E-state index < -0.39 is 5.97 Å². The van der Waals surface area contributed by atoms with Crippen LogP contribution in [-0.2, 0) is 22.7 Å². The normalized spacial score (nSPS) is 10.4. The zero-order valence-corrected chi connectivity index (χ0v) is 10.8. The average Bonchev–Trinajstić information content (AvgIpc) is 2.83. The summed E-state index contributed by atoms with van der Waals surface area (Å²) in [5.41, 5.74) is 1.25. The molecule has 0 amide bonds. The Balaban J connectivity index is 2.03. The summed E-state index contributed by atoms with van der Waals surface area (Å²) in [6, 6.07) is 7.12. The number of hydrogen-bond acceptors (Lipinski definition) is 6. The molecule has 0 aliphatic rings. The van der Waals surface area contributed by atoms with Crippen molar-refractivity contribution in [1.29, 1.82) is 0 Å². The number of aryl methyl sites for hydroxylation is 1. The minimum atomic E-state index is -0.435. The van der Waals surface area contributed by atoms with E-state index in [4.69, 9.17) is 14.0 Å². The Bertz CT molecular complexity index is 565. The topological polar surface area (TPSA) is 74.5 Å². The largest absolute Gasteiger partial charge is 0.454 e. The molecule has 0 unspecified atom stereocenters. The van der Waals surface area contributed by atoms with Gasteiger partial charge in [-0.15, -0.1) is 0 Å². The van der Waals surface area contributed by atoms with Gasteiger partial charge in [-0.2, -0.15) is 4.98 Å². The van der Waals surface area contributed by atoms with Crippen LogP contribution in [0.2, 0.25) is 0 Å². The van der Waals surface area contributed by atoms with Crippen molar-refractivity contribution in [3.8, 4) is 0 Å².